The average Bonchev–Trinajstić information content (AvgIpc) is 2.11. The highest BCUT2D eigenvalue weighted by Gasteiger charge is 2.17. The molecule has 1 rings (SSSR count). The van der Waals surface area contributed by atoms with Crippen LogP contribution in [-0.4, -0.2) is 16.8 Å². The molecule has 6 heteroatoms. The van der Waals surface area contributed by atoms with Gasteiger partial charge in [-0.15, -0.1) is 0 Å². The molecule has 0 bridgehead atoms. The molecule has 94 valence electrons. The van der Waals surface area contributed by atoms with Gasteiger partial charge in [0.1, 0.15) is 11.4 Å². The third-order valence-corrected chi connectivity index (χ3v) is 2.87. The molecule has 0 saturated carbocycles. The van der Waals surface area contributed by atoms with Crippen LogP contribution in [0.3, 0.4) is 0 Å². The van der Waals surface area contributed by atoms with E-state index in [0.29, 0.717) is 9.50 Å². The maximum absolute atomic E-state index is 11.5. The number of amides is 1. The Bertz CT molecular complexity index is 443. The summed E-state index contributed by atoms with van der Waals surface area (Å²) in [6, 6.07) is 2.83. The third-order valence-electron chi connectivity index (χ3n) is 1.67. The maximum atomic E-state index is 11.5. The van der Waals surface area contributed by atoms with Crippen molar-refractivity contribution in [1.29, 1.82) is 0 Å². The lowest BCUT2D eigenvalue weighted by molar-refractivity contribution is 0.0635. The summed E-state index contributed by atoms with van der Waals surface area (Å²) in [5.41, 5.74) is -0.362. The van der Waals surface area contributed by atoms with Crippen molar-refractivity contribution in [1.82, 2.24) is 0 Å². The van der Waals surface area contributed by atoms with Crippen LogP contribution < -0.4 is 5.32 Å². The van der Waals surface area contributed by atoms with Gasteiger partial charge in [0.25, 0.3) is 0 Å². The van der Waals surface area contributed by atoms with Crippen molar-refractivity contribution in [2.24, 2.45) is 0 Å². The van der Waals surface area contributed by atoms with Gasteiger partial charge < -0.3 is 9.84 Å². The standard InChI is InChI=1S/C11H13BrClNO3/c1-11(2,3)17-10(16)14-8-4-6(12)7(13)5-9(8)15/h4-5,15H,1-3H3,(H,14,16). The highest BCUT2D eigenvalue weighted by Crippen LogP contribution is 2.33. The van der Waals surface area contributed by atoms with Crippen molar-refractivity contribution >= 4 is 39.3 Å². The van der Waals surface area contributed by atoms with Crippen molar-refractivity contribution < 1.29 is 14.6 Å². The summed E-state index contributed by atoms with van der Waals surface area (Å²) >= 11 is 8.97. The zero-order valence-corrected chi connectivity index (χ0v) is 12.0. The number of benzene rings is 1. The van der Waals surface area contributed by atoms with Gasteiger partial charge >= 0.3 is 6.09 Å². The van der Waals surface area contributed by atoms with Gasteiger partial charge in [-0.2, -0.15) is 0 Å². The molecule has 0 saturated heterocycles. The lowest BCUT2D eigenvalue weighted by Gasteiger charge is -2.20. The van der Waals surface area contributed by atoms with Crippen LogP contribution in [0, 0.1) is 0 Å². The van der Waals surface area contributed by atoms with Gasteiger partial charge in [-0.3, -0.25) is 5.32 Å². The van der Waals surface area contributed by atoms with Gasteiger partial charge in [-0.05, 0) is 42.8 Å². The number of aromatic hydroxyl groups is 1. The van der Waals surface area contributed by atoms with Crippen molar-refractivity contribution in [3.63, 3.8) is 0 Å². The van der Waals surface area contributed by atoms with Crippen LogP contribution in [0.1, 0.15) is 20.8 Å². The second-order valence-electron chi connectivity index (χ2n) is 4.41. The largest absolute Gasteiger partial charge is 0.506 e. The third kappa shape index (κ3) is 4.44. The molecule has 0 heterocycles. The van der Waals surface area contributed by atoms with Crippen LogP contribution in [-0.2, 0) is 4.74 Å². The molecule has 0 spiro atoms. The highest BCUT2D eigenvalue weighted by molar-refractivity contribution is 9.10. The number of phenolic OH excluding ortho intramolecular Hbond substituents is 1. The number of carbonyl (C=O) groups excluding carboxylic acids is 1. The Kier molecular flexibility index (Phi) is 4.27. The van der Waals surface area contributed by atoms with Crippen molar-refractivity contribution in [2.45, 2.75) is 26.4 Å². The number of nitrogens with one attached hydrogen (secondary N) is 1. The van der Waals surface area contributed by atoms with Gasteiger partial charge in [0.15, 0.2) is 0 Å². The van der Waals surface area contributed by atoms with Gasteiger partial charge in [0.05, 0.1) is 10.7 Å². The summed E-state index contributed by atoms with van der Waals surface area (Å²) in [7, 11) is 0. The molecule has 0 fully saturated rings. The molecular weight excluding hydrogens is 309 g/mol. The van der Waals surface area contributed by atoms with E-state index >= 15 is 0 Å². The second kappa shape index (κ2) is 5.14. The summed E-state index contributed by atoms with van der Waals surface area (Å²) in [4.78, 5) is 11.5. The lowest BCUT2D eigenvalue weighted by atomic mass is 10.2. The minimum atomic E-state index is -0.637. The number of hydrogen-bond acceptors (Lipinski definition) is 3. The molecule has 1 aromatic carbocycles. The molecule has 0 aliphatic rings. The zero-order chi connectivity index (χ0) is 13.2. The molecule has 1 amide bonds. The number of carbonyl (C=O) groups is 1. The maximum Gasteiger partial charge on any atom is 0.412 e. The Hall–Kier alpha value is -0.940. The quantitative estimate of drug-likeness (QED) is 0.763. The van der Waals surface area contributed by atoms with Gasteiger partial charge in [-0.1, -0.05) is 11.6 Å². The van der Waals surface area contributed by atoms with Crippen LogP contribution in [0.4, 0.5) is 10.5 Å². The van der Waals surface area contributed by atoms with Crippen LogP contribution in [0.15, 0.2) is 16.6 Å². The first-order chi connectivity index (χ1) is 7.69. The number of rotatable bonds is 1. The predicted octanol–water partition coefficient (Wildman–Crippen LogP) is 4.16. The smallest absolute Gasteiger partial charge is 0.412 e. The topological polar surface area (TPSA) is 58.6 Å². The lowest BCUT2D eigenvalue weighted by Crippen LogP contribution is -2.27. The summed E-state index contributed by atoms with van der Waals surface area (Å²) in [6.07, 6.45) is -0.637. The molecule has 2 N–H and O–H groups in total. The molecule has 0 radical (unpaired) electrons. The summed E-state index contributed by atoms with van der Waals surface area (Å²) in [5.74, 6) is -0.121. The second-order valence-corrected chi connectivity index (χ2v) is 5.67. The van der Waals surface area contributed by atoms with Gasteiger partial charge in [0, 0.05) is 10.5 Å². The zero-order valence-electron chi connectivity index (χ0n) is 9.67. The number of anilines is 1. The first-order valence-electron chi connectivity index (χ1n) is 4.87. The highest BCUT2D eigenvalue weighted by atomic mass is 79.9. The minimum Gasteiger partial charge on any atom is -0.506 e. The van der Waals surface area contributed by atoms with Crippen molar-refractivity contribution in [3.8, 4) is 5.75 Å². The van der Waals surface area contributed by atoms with E-state index in [0.717, 1.165) is 0 Å². The molecule has 0 aliphatic carbocycles. The first kappa shape index (κ1) is 14.1. The normalized spacial score (nSPS) is 11.1. The fraction of sp³-hybridized carbons (Fsp3) is 0.364. The van der Waals surface area contributed by atoms with Gasteiger partial charge in [-0.25, -0.2) is 4.79 Å². The van der Waals surface area contributed by atoms with E-state index in [1.54, 1.807) is 20.8 Å². The fourth-order valence-electron chi connectivity index (χ4n) is 1.05. The van der Waals surface area contributed by atoms with E-state index in [1.807, 2.05) is 0 Å². The summed E-state index contributed by atoms with van der Waals surface area (Å²) in [5, 5.41) is 12.4. The molecular formula is C11H13BrClNO3. The Morgan fingerprint density at radius 2 is 2.06 bits per heavy atom. The molecule has 0 atom stereocenters. The number of phenols is 1. The number of hydrogen-bond donors (Lipinski definition) is 2. The van der Waals surface area contributed by atoms with E-state index in [4.69, 9.17) is 16.3 Å². The van der Waals surface area contributed by atoms with Crippen LogP contribution in [0.25, 0.3) is 0 Å². The molecule has 0 unspecified atom stereocenters. The van der Waals surface area contributed by atoms with E-state index < -0.39 is 11.7 Å². The predicted molar refractivity (Wildman–Crippen MR) is 70.7 cm³/mol. The number of ether oxygens (including phenoxy) is 1. The van der Waals surface area contributed by atoms with E-state index in [9.17, 15) is 9.90 Å². The summed E-state index contributed by atoms with van der Waals surface area (Å²) < 4.78 is 5.63. The Labute approximate surface area is 113 Å². The molecule has 0 aliphatic heterocycles. The molecule has 4 nitrogen and oxygen atoms in total. The van der Waals surface area contributed by atoms with E-state index in [1.165, 1.54) is 12.1 Å². The Morgan fingerprint density at radius 1 is 1.47 bits per heavy atom. The van der Waals surface area contributed by atoms with Crippen LogP contribution in [0.5, 0.6) is 5.75 Å². The average molecular weight is 323 g/mol. The van der Waals surface area contributed by atoms with E-state index in [-0.39, 0.29) is 11.4 Å². The van der Waals surface area contributed by atoms with Crippen molar-refractivity contribution in [2.75, 3.05) is 5.32 Å². The van der Waals surface area contributed by atoms with Gasteiger partial charge in [0.2, 0.25) is 0 Å². The van der Waals surface area contributed by atoms with Crippen LogP contribution >= 0.6 is 27.5 Å². The molecule has 1 aromatic rings. The SMILES string of the molecule is CC(C)(C)OC(=O)Nc1cc(Br)c(Cl)cc1O. The van der Waals surface area contributed by atoms with E-state index in [2.05, 4.69) is 21.2 Å². The molecule has 0 aromatic heterocycles. The Balaban J connectivity index is 2.82. The van der Waals surface area contributed by atoms with Crippen molar-refractivity contribution in [3.05, 3.63) is 21.6 Å². The Morgan fingerprint density at radius 3 is 2.59 bits per heavy atom. The monoisotopic (exact) mass is 321 g/mol. The number of halogens is 2. The molecule has 17 heavy (non-hydrogen) atoms. The van der Waals surface area contributed by atoms with Crippen LogP contribution in [0.2, 0.25) is 5.02 Å². The summed E-state index contributed by atoms with van der Waals surface area (Å²) in [6.45, 7) is 5.26. The fourth-order valence-corrected chi connectivity index (χ4v) is 1.55. The minimum absolute atomic E-state index is 0.121. The first-order valence-corrected chi connectivity index (χ1v) is 6.04.